The number of hydrogen-bond donors (Lipinski definition) is 0. The number of amides is 2. The van der Waals surface area contributed by atoms with Gasteiger partial charge in [0.2, 0.25) is 0 Å². The number of rotatable bonds is 1. The number of hydrogen-bond acceptors (Lipinski definition) is 3. The summed E-state index contributed by atoms with van der Waals surface area (Å²) in [5.41, 5.74) is -0.108. The molecule has 3 rings (SSSR count). The van der Waals surface area contributed by atoms with Gasteiger partial charge >= 0.3 is 6.09 Å². The van der Waals surface area contributed by atoms with E-state index in [9.17, 15) is 9.59 Å². The van der Waals surface area contributed by atoms with Crippen molar-refractivity contribution in [2.75, 3.05) is 19.6 Å². The fourth-order valence-electron chi connectivity index (χ4n) is 3.13. The molecule has 5 nitrogen and oxygen atoms in total. The average Bonchev–Trinajstić information content (AvgIpc) is 3.27. The summed E-state index contributed by atoms with van der Waals surface area (Å²) < 4.78 is 6.34. The maximum atomic E-state index is 13.0. The topological polar surface area (TPSA) is 49.9 Å². The summed E-state index contributed by atoms with van der Waals surface area (Å²) in [6, 6.07) is 5.35. The molecule has 136 valence electrons. The first kappa shape index (κ1) is 18.8. The van der Waals surface area contributed by atoms with E-state index in [-0.39, 0.29) is 17.5 Å². The number of benzene rings is 1. The van der Waals surface area contributed by atoms with Crippen LogP contribution in [0.15, 0.2) is 18.2 Å². The number of nitrogens with zero attached hydrogens (tertiary/aromatic N) is 2. The van der Waals surface area contributed by atoms with Gasteiger partial charge in [-0.1, -0.05) is 11.6 Å². The molecule has 7 heteroatoms. The molecule has 25 heavy (non-hydrogen) atoms. The molecule has 1 aromatic rings. The molecule has 0 unspecified atom stereocenters. The Hall–Kier alpha value is -1.02. The zero-order chi connectivity index (χ0) is 18.4. The van der Waals surface area contributed by atoms with Crippen LogP contribution in [0.5, 0.6) is 0 Å². The second kappa shape index (κ2) is 6.61. The van der Waals surface area contributed by atoms with Gasteiger partial charge in [0.15, 0.2) is 0 Å². The molecule has 1 saturated heterocycles. The first-order valence-electron chi connectivity index (χ1n) is 8.36. The normalized spacial score (nSPS) is 19.1. The maximum absolute atomic E-state index is 13.0. The van der Waals surface area contributed by atoms with Crippen LogP contribution < -0.4 is 0 Å². The van der Waals surface area contributed by atoms with Gasteiger partial charge in [0.25, 0.3) is 5.91 Å². The number of carbonyl (C=O) groups is 2. The highest BCUT2D eigenvalue weighted by Gasteiger charge is 2.54. The van der Waals surface area contributed by atoms with E-state index < -0.39 is 5.60 Å². The highest BCUT2D eigenvalue weighted by molar-refractivity contribution is 14.1. The molecule has 2 amide bonds. The first-order valence-corrected chi connectivity index (χ1v) is 9.82. The third-order valence-corrected chi connectivity index (χ3v) is 6.08. The van der Waals surface area contributed by atoms with Gasteiger partial charge in [0.05, 0.1) is 10.6 Å². The Morgan fingerprint density at radius 1 is 1.24 bits per heavy atom. The summed E-state index contributed by atoms with van der Waals surface area (Å²) in [5, 5.41) is 0.646. The van der Waals surface area contributed by atoms with E-state index in [4.69, 9.17) is 16.3 Å². The van der Waals surface area contributed by atoms with Crippen molar-refractivity contribution in [3.63, 3.8) is 0 Å². The number of carbonyl (C=O) groups excluding carboxylic acids is 2. The second-order valence-electron chi connectivity index (χ2n) is 7.71. The number of ether oxygens (including phenoxy) is 1. The van der Waals surface area contributed by atoms with E-state index in [0.29, 0.717) is 30.2 Å². The molecule has 1 spiro atoms. The fraction of sp³-hybridized carbons (Fsp3) is 0.556. The van der Waals surface area contributed by atoms with Crippen LogP contribution >= 0.6 is 34.2 Å². The summed E-state index contributed by atoms with van der Waals surface area (Å²) in [5.74, 6) is 0.0101. The highest BCUT2D eigenvalue weighted by Crippen LogP contribution is 2.45. The second-order valence-corrected chi connectivity index (χ2v) is 9.28. The first-order chi connectivity index (χ1) is 11.6. The maximum Gasteiger partial charge on any atom is 0.410 e. The van der Waals surface area contributed by atoms with Crippen LogP contribution in [0.1, 0.15) is 44.0 Å². The van der Waals surface area contributed by atoms with Crippen molar-refractivity contribution in [1.29, 1.82) is 0 Å². The summed E-state index contributed by atoms with van der Waals surface area (Å²) in [4.78, 5) is 29.0. The molecule has 1 aliphatic carbocycles. The van der Waals surface area contributed by atoms with Gasteiger partial charge in [-0.25, -0.2) is 4.79 Å². The minimum absolute atomic E-state index is 0.0101. The van der Waals surface area contributed by atoms with Crippen molar-refractivity contribution in [2.24, 2.45) is 0 Å². The zero-order valence-electron chi connectivity index (χ0n) is 14.6. The smallest absolute Gasteiger partial charge is 0.410 e. The molecule has 1 saturated carbocycles. The monoisotopic (exact) mass is 476 g/mol. The Morgan fingerprint density at radius 3 is 2.48 bits per heavy atom. The lowest BCUT2D eigenvalue weighted by Gasteiger charge is -2.42. The number of piperazine rings is 1. The van der Waals surface area contributed by atoms with E-state index in [1.165, 1.54) is 0 Å². The largest absolute Gasteiger partial charge is 0.444 e. The summed E-state index contributed by atoms with van der Waals surface area (Å²) in [6.07, 6.45) is 1.54. The fourth-order valence-corrected chi connectivity index (χ4v) is 3.77. The number of halogens is 2. The molecule has 2 aliphatic rings. The standard InChI is InChI=1S/C18H22ClIN2O3/c1-17(2,3)25-16(24)21-8-9-22(18(11-21)6-7-18)15(23)12-4-5-13(19)14(20)10-12/h4-5,10H,6-9,11H2,1-3H3. The molecule has 0 radical (unpaired) electrons. The molecule has 0 N–H and O–H groups in total. The Bertz CT molecular complexity index is 713. The lowest BCUT2D eigenvalue weighted by atomic mass is 10.1. The molecule has 2 fully saturated rings. The Balaban J connectivity index is 1.73. The predicted molar refractivity (Wildman–Crippen MR) is 105 cm³/mol. The van der Waals surface area contributed by atoms with Gasteiger partial charge < -0.3 is 14.5 Å². The van der Waals surface area contributed by atoms with Gasteiger partial charge in [0.1, 0.15) is 5.60 Å². The minimum Gasteiger partial charge on any atom is -0.444 e. The summed E-state index contributed by atoms with van der Waals surface area (Å²) in [7, 11) is 0. The molecule has 1 heterocycles. The van der Waals surface area contributed by atoms with Crippen molar-refractivity contribution < 1.29 is 14.3 Å². The van der Waals surface area contributed by atoms with Gasteiger partial charge in [-0.3, -0.25) is 4.79 Å². The van der Waals surface area contributed by atoms with Gasteiger partial charge in [-0.2, -0.15) is 0 Å². The molecule has 0 atom stereocenters. The third kappa shape index (κ3) is 4.05. The van der Waals surface area contributed by atoms with E-state index in [2.05, 4.69) is 22.6 Å². The summed E-state index contributed by atoms with van der Waals surface area (Å²) >= 11 is 8.19. The Morgan fingerprint density at radius 2 is 1.92 bits per heavy atom. The van der Waals surface area contributed by atoms with Crippen molar-refractivity contribution in [3.8, 4) is 0 Å². The van der Waals surface area contributed by atoms with Gasteiger partial charge in [0, 0.05) is 28.8 Å². The minimum atomic E-state index is -0.513. The lowest BCUT2D eigenvalue weighted by molar-refractivity contribution is 0.000634. The SMILES string of the molecule is CC(C)(C)OC(=O)N1CCN(C(=O)c2ccc(Cl)c(I)c2)C2(CC2)C1. The van der Waals surface area contributed by atoms with E-state index in [0.717, 1.165) is 16.4 Å². The van der Waals surface area contributed by atoms with Crippen LogP contribution in [0, 0.1) is 3.57 Å². The van der Waals surface area contributed by atoms with Crippen molar-refractivity contribution in [2.45, 2.75) is 44.8 Å². The third-order valence-electron chi connectivity index (χ3n) is 4.54. The molecule has 0 bridgehead atoms. The molecular formula is C18H22ClIN2O3. The van der Waals surface area contributed by atoms with Gasteiger partial charge in [-0.05, 0) is 74.4 Å². The van der Waals surface area contributed by atoms with Crippen LogP contribution in [-0.4, -0.2) is 52.6 Å². The Kier molecular flexibility index (Phi) is 4.96. The van der Waals surface area contributed by atoms with Crippen LogP contribution in [0.2, 0.25) is 5.02 Å². The molecule has 1 aliphatic heterocycles. The summed E-state index contributed by atoms with van der Waals surface area (Å²) in [6.45, 7) is 7.14. The quantitative estimate of drug-likeness (QED) is 0.572. The van der Waals surface area contributed by atoms with E-state index in [1.807, 2.05) is 31.7 Å². The zero-order valence-corrected chi connectivity index (χ0v) is 17.6. The lowest BCUT2D eigenvalue weighted by Crippen LogP contribution is -2.58. The van der Waals surface area contributed by atoms with Crippen molar-refractivity contribution in [1.82, 2.24) is 9.80 Å². The Labute approximate surface area is 166 Å². The predicted octanol–water partition coefficient (Wildman–Crippen LogP) is 4.17. The molecular weight excluding hydrogens is 455 g/mol. The van der Waals surface area contributed by atoms with Crippen LogP contribution in [-0.2, 0) is 4.74 Å². The van der Waals surface area contributed by atoms with Gasteiger partial charge in [-0.15, -0.1) is 0 Å². The van der Waals surface area contributed by atoms with E-state index in [1.54, 1.807) is 17.0 Å². The highest BCUT2D eigenvalue weighted by atomic mass is 127. The van der Waals surface area contributed by atoms with Crippen LogP contribution in [0.4, 0.5) is 4.79 Å². The van der Waals surface area contributed by atoms with Crippen LogP contribution in [0.25, 0.3) is 0 Å². The van der Waals surface area contributed by atoms with E-state index >= 15 is 0 Å². The van der Waals surface area contributed by atoms with Crippen molar-refractivity contribution >= 4 is 46.2 Å². The van der Waals surface area contributed by atoms with Crippen molar-refractivity contribution in [3.05, 3.63) is 32.4 Å². The average molecular weight is 477 g/mol. The molecule has 1 aromatic carbocycles. The van der Waals surface area contributed by atoms with Crippen LogP contribution in [0.3, 0.4) is 0 Å². The molecule has 0 aromatic heterocycles.